The van der Waals surface area contributed by atoms with Gasteiger partial charge in [-0.2, -0.15) is 0 Å². The highest BCUT2D eigenvalue weighted by Gasteiger charge is 2.26. The topological polar surface area (TPSA) is 38.9 Å². The van der Waals surface area contributed by atoms with E-state index in [1.54, 1.807) is 11.3 Å². The van der Waals surface area contributed by atoms with E-state index in [-0.39, 0.29) is 16.9 Å². The predicted octanol–water partition coefficient (Wildman–Crippen LogP) is 3.75. The van der Waals surface area contributed by atoms with Gasteiger partial charge in [-0.15, -0.1) is 11.3 Å². The second-order valence-corrected chi connectivity index (χ2v) is 7.47. The van der Waals surface area contributed by atoms with Crippen molar-refractivity contribution >= 4 is 11.3 Å². The summed E-state index contributed by atoms with van der Waals surface area (Å²) in [5, 5.41) is 3.34. The van der Waals surface area contributed by atoms with Crippen molar-refractivity contribution in [3.63, 3.8) is 0 Å². The summed E-state index contributed by atoms with van der Waals surface area (Å²) in [6, 6.07) is 0.187. The Balaban J connectivity index is 2.74. The zero-order valence-electron chi connectivity index (χ0n) is 12.0. The van der Waals surface area contributed by atoms with Gasteiger partial charge in [-0.3, -0.25) is 0 Å². The van der Waals surface area contributed by atoms with E-state index in [1.807, 2.05) is 0 Å². The fourth-order valence-electron chi connectivity index (χ4n) is 1.48. The van der Waals surface area contributed by atoms with E-state index in [2.05, 4.69) is 46.9 Å². The number of hydrogen-bond acceptors (Lipinski definition) is 3. The average molecular weight is 254 g/mol. The van der Waals surface area contributed by atoms with Gasteiger partial charge in [-0.05, 0) is 11.8 Å². The second-order valence-electron chi connectivity index (χ2n) is 6.53. The lowest BCUT2D eigenvalue weighted by atomic mass is 9.81. The third kappa shape index (κ3) is 3.78. The van der Waals surface area contributed by atoms with Crippen LogP contribution in [0.2, 0.25) is 0 Å². The summed E-state index contributed by atoms with van der Waals surface area (Å²) in [5.41, 5.74) is 7.78. The largest absolute Gasteiger partial charge is 0.327 e. The number of hydrogen-bond donors (Lipinski definition) is 1. The molecule has 1 atom stereocenters. The van der Waals surface area contributed by atoms with Gasteiger partial charge in [0.2, 0.25) is 0 Å². The number of nitrogens with zero attached hydrogens (tertiary/aromatic N) is 1. The van der Waals surface area contributed by atoms with Gasteiger partial charge in [0.1, 0.15) is 0 Å². The molecule has 1 heterocycles. The van der Waals surface area contributed by atoms with E-state index < -0.39 is 0 Å². The van der Waals surface area contributed by atoms with Gasteiger partial charge < -0.3 is 5.73 Å². The molecule has 0 radical (unpaired) electrons. The molecule has 98 valence electrons. The Kier molecular flexibility index (Phi) is 4.37. The fraction of sp³-hybridized carbons (Fsp3) is 0.786. The maximum absolute atomic E-state index is 6.28. The van der Waals surface area contributed by atoms with Crippen LogP contribution in [0.4, 0.5) is 0 Å². The summed E-state index contributed by atoms with van der Waals surface area (Å²) >= 11 is 1.74. The molecule has 1 unspecified atom stereocenters. The lowest BCUT2D eigenvalue weighted by molar-refractivity contribution is 0.272. The molecule has 0 aliphatic heterocycles. The van der Waals surface area contributed by atoms with Crippen LogP contribution in [0.15, 0.2) is 5.38 Å². The van der Waals surface area contributed by atoms with Crippen molar-refractivity contribution in [3.8, 4) is 0 Å². The van der Waals surface area contributed by atoms with Crippen molar-refractivity contribution in [2.24, 2.45) is 11.1 Å². The van der Waals surface area contributed by atoms with Crippen LogP contribution < -0.4 is 5.73 Å². The lowest BCUT2D eigenvalue weighted by Crippen LogP contribution is -2.38. The van der Waals surface area contributed by atoms with Crippen LogP contribution in [-0.4, -0.2) is 11.0 Å². The zero-order valence-corrected chi connectivity index (χ0v) is 12.8. The number of rotatable bonds is 4. The SMILES string of the molecule is CCC(C)(C)C(N)Cc1nc(C(C)(C)C)cs1. The van der Waals surface area contributed by atoms with Crippen molar-refractivity contribution in [1.82, 2.24) is 4.98 Å². The Morgan fingerprint density at radius 1 is 1.29 bits per heavy atom. The van der Waals surface area contributed by atoms with Crippen molar-refractivity contribution in [3.05, 3.63) is 16.1 Å². The quantitative estimate of drug-likeness (QED) is 0.889. The van der Waals surface area contributed by atoms with E-state index >= 15 is 0 Å². The summed E-state index contributed by atoms with van der Waals surface area (Å²) in [4.78, 5) is 4.71. The first-order chi connectivity index (χ1) is 7.66. The first-order valence-electron chi connectivity index (χ1n) is 6.37. The Hall–Kier alpha value is -0.410. The Bertz CT molecular complexity index is 361. The van der Waals surface area contributed by atoms with Crippen molar-refractivity contribution in [1.29, 1.82) is 0 Å². The summed E-state index contributed by atoms with van der Waals surface area (Å²) in [7, 11) is 0. The Labute approximate surface area is 110 Å². The molecule has 2 nitrogen and oxygen atoms in total. The van der Waals surface area contributed by atoms with Gasteiger partial charge in [-0.1, -0.05) is 41.5 Å². The first kappa shape index (κ1) is 14.7. The van der Waals surface area contributed by atoms with E-state index in [0.29, 0.717) is 0 Å². The Morgan fingerprint density at radius 2 is 1.88 bits per heavy atom. The van der Waals surface area contributed by atoms with E-state index in [9.17, 15) is 0 Å². The minimum Gasteiger partial charge on any atom is -0.327 e. The molecule has 1 aromatic heterocycles. The summed E-state index contributed by atoms with van der Waals surface area (Å²) in [5.74, 6) is 0. The highest BCUT2D eigenvalue weighted by Crippen LogP contribution is 2.28. The molecule has 0 spiro atoms. The number of thiazole rings is 1. The summed E-state index contributed by atoms with van der Waals surface area (Å²) in [6.45, 7) is 13.2. The molecular weight excluding hydrogens is 228 g/mol. The van der Waals surface area contributed by atoms with Gasteiger partial charge in [0.15, 0.2) is 0 Å². The molecule has 1 aromatic rings. The molecule has 0 saturated carbocycles. The maximum Gasteiger partial charge on any atom is 0.0944 e. The van der Waals surface area contributed by atoms with Crippen LogP contribution in [0.1, 0.15) is 58.7 Å². The molecule has 0 aromatic carbocycles. The van der Waals surface area contributed by atoms with Crippen molar-refractivity contribution < 1.29 is 0 Å². The van der Waals surface area contributed by atoms with Crippen molar-refractivity contribution in [2.45, 2.75) is 65.8 Å². The minimum absolute atomic E-state index is 0.138. The zero-order chi connectivity index (χ0) is 13.3. The molecule has 1 rings (SSSR count). The summed E-state index contributed by atoms with van der Waals surface area (Å²) < 4.78 is 0. The average Bonchev–Trinajstić information content (AvgIpc) is 2.65. The van der Waals surface area contributed by atoms with Gasteiger partial charge >= 0.3 is 0 Å². The van der Waals surface area contributed by atoms with Gasteiger partial charge in [0.25, 0.3) is 0 Å². The van der Waals surface area contributed by atoms with Gasteiger partial charge in [-0.25, -0.2) is 4.98 Å². The van der Waals surface area contributed by atoms with E-state index in [0.717, 1.165) is 12.8 Å². The van der Waals surface area contributed by atoms with Crippen LogP contribution >= 0.6 is 11.3 Å². The van der Waals surface area contributed by atoms with E-state index in [4.69, 9.17) is 10.7 Å². The van der Waals surface area contributed by atoms with Crippen LogP contribution in [0.5, 0.6) is 0 Å². The van der Waals surface area contributed by atoms with Gasteiger partial charge in [0.05, 0.1) is 10.7 Å². The monoisotopic (exact) mass is 254 g/mol. The smallest absolute Gasteiger partial charge is 0.0944 e. The highest BCUT2D eigenvalue weighted by atomic mass is 32.1. The molecule has 0 bridgehead atoms. The highest BCUT2D eigenvalue weighted by molar-refractivity contribution is 7.09. The molecule has 17 heavy (non-hydrogen) atoms. The normalized spacial score (nSPS) is 15.0. The van der Waals surface area contributed by atoms with Gasteiger partial charge in [0, 0.05) is 23.3 Å². The molecule has 0 aliphatic rings. The standard InChI is InChI=1S/C14H26N2S/c1-7-14(5,6)10(15)8-12-16-11(9-17-12)13(2,3)4/h9-10H,7-8,15H2,1-6H3. The molecule has 0 amide bonds. The molecular formula is C14H26N2S. The molecule has 0 aliphatic carbocycles. The summed E-state index contributed by atoms with van der Waals surface area (Å²) in [6.07, 6.45) is 1.99. The lowest BCUT2D eigenvalue weighted by Gasteiger charge is -2.29. The van der Waals surface area contributed by atoms with E-state index in [1.165, 1.54) is 10.7 Å². The molecule has 0 saturated heterocycles. The molecule has 3 heteroatoms. The third-order valence-corrected chi connectivity index (χ3v) is 4.50. The van der Waals surface area contributed by atoms with Crippen LogP contribution in [-0.2, 0) is 11.8 Å². The third-order valence-electron chi connectivity index (χ3n) is 3.63. The second kappa shape index (κ2) is 5.07. The molecule has 0 fully saturated rings. The number of aromatic nitrogens is 1. The first-order valence-corrected chi connectivity index (χ1v) is 7.25. The van der Waals surface area contributed by atoms with Crippen molar-refractivity contribution in [2.75, 3.05) is 0 Å². The number of nitrogens with two attached hydrogens (primary N) is 1. The van der Waals surface area contributed by atoms with Crippen LogP contribution in [0.3, 0.4) is 0 Å². The maximum atomic E-state index is 6.28. The Morgan fingerprint density at radius 3 is 2.29 bits per heavy atom. The van der Waals surface area contributed by atoms with Crippen LogP contribution in [0.25, 0.3) is 0 Å². The molecule has 2 N–H and O–H groups in total. The van der Waals surface area contributed by atoms with Crippen LogP contribution in [0, 0.1) is 5.41 Å². The minimum atomic E-state index is 0.138. The predicted molar refractivity (Wildman–Crippen MR) is 76.6 cm³/mol. The fourth-order valence-corrected chi connectivity index (χ4v) is 2.56.